The molecule has 86 valence electrons. The molecule has 1 aromatic rings. The molecule has 0 radical (unpaired) electrons. The van der Waals surface area contributed by atoms with Gasteiger partial charge < -0.3 is 11.1 Å². The van der Waals surface area contributed by atoms with Crippen molar-refractivity contribution in [2.45, 2.75) is 12.6 Å². The number of carbonyl (C=O) groups is 1. The van der Waals surface area contributed by atoms with Crippen molar-refractivity contribution >= 4 is 5.91 Å². The minimum absolute atomic E-state index is 0.226. The molecular weight excluding hydrogens is 204 g/mol. The molecule has 0 aliphatic carbocycles. The molecule has 1 aliphatic heterocycles. The molecule has 1 saturated heterocycles. The van der Waals surface area contributed by atoms with Gasteiger partial charge in [0.15, 0.2) is 0 Å². The van der Waals surface area contributed by atoms with E-state index in [1.165, 1.54) is 0 Å². The maximum Gasteiger partial charge on any atom is 0.236 e. The summed E-state index contributed by atoms with van der Waals surface area (Å²) in [5, 5.41) is 3.17. The number of amides is 1. The van der Waals surface area contributed by atoms with Gasteiger partial charge in [-0.3, -0.25) is 14.7 Å². The van der Waals surface area contributed by atoms with Crippen LogP contribution in [0.4, 0.5) is 0 Å². The predicted molar refractivity (Wildman–Crippen MR) is 60.5 cm³/mol. The molecule has 5 nitrogen and oxygen atoms in total. The number of carbonyl (C=O) groups excluding carboxylic acids is 1. The summed E-state index contributed by atoms with van der Waals surface area (Å²) in [6.45, 7) is 3.01. The van der Waals surface area contributed by atoms with E-state index in [9.17, 15) is 4.79 Å². The monoisotopic (exact) mass is 220 g/mol. The van der Waals surface area contributed by atoms with E-state index in [1.807, 2.05) is 18.2 Å². The average molecular weight is 220 g/mol. The van der Waals surface area contributed by atoms with Crippen LogP contribution in [0.3, 0.4) is 0 Å². The third-order valence-corrected chi connectivity index (χ3v) is 2.77. The Labute approximate surface area is 94.6 Å². The fourth-order valence-corrected chi connectivity index (χ4v) is 1.92. The second kappa shape index (κ2) is 5.05. The predicted octanol–water partition coefficient (Wildman–Crippen LogP) is -0.659. The molecular formula is C11H16N4O. The number of piperazine rings is 1. The van der Waals surface area contributed by atoms with Crippen LogP contribution in [0.15, 0.2) is 24.4 Å². The Hall–Kier alpha value is -1.46. The van der Waals surface area contributed by atoms with Gasteiger partial charge in [-0.25, -0.2) is 0 Å². The maximum atomic E-state index is 11.3. The molecule has 1 aromatic heterocycles. The summed E-state index contributed by atoms with van der Waals surface area (Å²) in [6.07, 6.45) is 1.76. The van der Waals surface area contributed by atoms with Crippen LogP contribution in [0.25, 0.3) is 0 Å². The van der Waals surface area contributed by atoms with Crippen molar-refractivity contribution in [1.82, 2.24) is 15.2 Å². The number of nitrogens with two attached hydrogens (primary N) is 1. The number of hydrogen-bond acceptors (Lipinski definition) is 4. The molecule has 2 heterocycles. The Morgan fingerprint density at radius 2 is 2.50 bits per heavy atom. The molecule has 1 atom stereocenters. The van der Waals surface area contributed by atoms with E-state index in [1.54, 1.807) is 6.20 Å². The lowest BCUT2D eigenvalue weighted by Crippen LogP contribution is -2.56. The SMILES string of the molecule is NC(=O)C1CNCCN1Cc1ccccn1. The third kappa shape index (κ3) is 2.56. The van der Waals surface area contributed by atoms with Crippen molar-refractivity contribution in [2.75, 3.05) is 19.6 Å². The second-order valence-corrected chi connectivity index (χ2v) is 3.91. The van der Waals surface area contributed by atoms with Crippen molar-refractivity contribution in [3.05, 3.63) is 30.1 Å². The van der Waals surface area contributed by atoms with Crippen LogP contribution in [0.5, 0.6) is 0 Å². The number of pyridine rings is 1. The lowest BCUT2D eigenvalue weighted by Gasteiger charge is -2.33. The Morgan fingerprint density at radius 3 is 3.19 bits per heavy atom. The average Bonchev–Trinajstić information content (AvgIpc) is 2.31. The van der Waals surface area contributed by atoms with E-state index < -0.39 is 0 Å². The van der Waals surface area contributed by atoms with Crippen LogP contribution in [-0.2, 0) is 11.3 Å². The Morgan fingerprint density at radius 1 is 1.62 bits per heavy atom. The van der Waals surface area contributed by atoms with Gasteiger partial charge in [-0.1, -0.05) is 6.07 Å². The zero-order valence-corrected chi connectivity index (χ0v) is 9.10. The minimum atomic E-state index is -0.275. The lowest BCUT2D eigenvalue weighted by molar-refractivity contribution is -0.124. The van der Waals surface area contributed by atoms with Crippen LogP contribution in [0, 0.1) is 0 Å². The van der Waals surface area contributed by atoms with Gasteiger partial charge in [0.25, 0.3) is 0 Å². The highest BCUT2D eigenvalue weighted by Crippen LogP contribution is 2.07. The molecule has 1 unspecified atom stereocenters. The van der Waals surface area contributed by atoms with E-state index in [4.69, 9.17) is 5.73 Å². The number of nitrogens with one attached hydrogen (secondary N) is 1. The standard InChI is InChI=1S/C11H16N4O/c12-11(16)10-7-13-5-6-15(10)8-9-3-1-2-4-14-9/h1-4,10,13H,5-8H2,(H2,12,16). The molecule has 1 amide bonds. The quantitative estimate of drug-likeness (QED) is 0.709. The largest absolute Gasteiger partial charge is 0.368 e. The Bertz CT molecular complexity index is 354. The zero-order chi connectivity index (χ0) is 11.4. The maximum absolute atomic E-state index is 11.3. The van der Waals surface area contributed by atoms with Crippen molar-refractivity contribution in [3.8, 4) is 0 Å². The molecule has 3 N–H and O–H groups in total. The number of nitrogens with zero attached hydrogens (tertiary/aromatic N) is 2. The first-order chi connectivity index (χ1) is 7.77. The van der Waals surface area contributed by atoms with Crippen LogP contribution in [-0.4, -0.2) is 41.5 Å². The summed E-state index contributed by atoms with van der Waals surface area (Å²) < 4.78 is 0. The van der Waals surface area contributed by atoms with Gasteiger partial charge in [0.1, 0.15) is 6.04 Å². The molecule has 1 fully saturated rings. The first kappa shape index (κ1) is 11.0. The van der Waals surface area contributed by atoms with Gasteiger partial charge in [0, 0.05) is 32.4 Å². The number of rotatable bonds is 3. The summed E-state index contributed by atoms with van der Waals surface area (Å²) >= 11 is 0. The highest BCUT2D eigenvalue weighted by molar-refractivity contribution is 5.80. The van der Waals surface area contributed by atoms with Gasteiger partial charge in [-0.05, 0) is 12.1 Å². The van der Waals surface area contributed by atoms with Crippen LogP contribution in [0.1, 0.15) is 5.69 Å². The summed E-state index contributed by atoms with van der Waals surface area (Å²) in [4.78, 5) is 17.6. The van der Waals surface area contributed by atoms with Crippen LogP contribution < -0.4 is 11.1 Å². The third-order valence-electron chi connectivity index (χ3n) is 2.77. The molecule has 5 heteroatoms. The molecule has 1 aliphatic rings. The summed E-state index contributed by atoms with van der Waals surface area (Å²) in [5.74, 6) is -0.275. The first-order valence-electron chi connectivity index (χ1n) is 5.41. The molecule has 16 heavy (non-hydrogen) atoms. The molecule has 0 bridgehead atoms. The highest BCUT2D eigenvalue weighted by atomic mass is 16.1. The summed E-state index contributed by atoms with van der Waals surface area (Å²) in [6, 6.07) is 5.56. The fraction of sp³-hybridized carbons (Fsp3) is 0.455. The van der Waals surface area contributed by atoms with Crippen LogP contribution in [0.2, 0.25) is 0 Å². The van der Waals surface area contributed by atoms with Gasteiger partial charge >= 0.3 is 0 Å². The number of aromatic nitrogens is 1. The Kier molecular flexibility index (Phi) is 3.48. The van der Waals surface area contributed by atoms with Crippen molar-refractivity contribution in [3.63, 3.8) is 0 Å². The smallest absolute Gasteiger partial charge is 0.236 e. The van der Waals surface area contributed by atoms with Crippen LogP contribution >= 0.6 is 0 Å². The second-order valence-electron chi connectivity index (χ2n) is 3.91. The van der Waals surface area contributed by atoms with E-state index in [-0.39, 0.29) is 11.9 Å². The van der Waals surface area contributed by atoms with Gasteiger partial charge in [0.05, 0.1) is 5.69 Å². The van der Waals surface area contributed by atoms with Crippen molar-refractivity contribution in [1.29, 1.82) is 0 Å². The molecule has 0 spiro atoms. The van der Waals surface area contributed by atoms with Gasteiger partial charge in [0.2, 0.25) is 5.91 Å². The lowest BCUT2D eigenvalue weighted by atomic mass is 10.1. The number of hydrogen-bond donors (Lipinski definition) is 2. The van der Waals surface area contributed by atoms with Crippen molar-refractivity contribution in [2.24, 2.45) is 5.73 Å². The molecule has 0 aromatic carbocycles. The number of primary amides is 1. The van der Waals surface area contributed by atoms with Gasteiger partial charge in [-0.2, -0.15) is 0 Å². The normalized spacial score (nSPS) is 21.9. The Balaban J connectivity index is 2.04. The van der Waals surface area contributed by atoms with E-state index >= 15 is 0 Å². The zero-order valence-electron chi connectivity index (χ0n) is 9.10. The van der Waals surface area contributed by atoms with E-state index in [0.29, 0.717) is 13.1 Å². The van der Waals surface area contributed by atoms with Gasteiger partial charge in [-0.15, -0.1) is 0 Å². The van der Waals surface area contributed by atoms with E-state index in [0.717, 1.165) is 18.8 Å². The van der Waals surface area contributed by atoms with Crippen molar-refractivity contribution < 1.29 is 4.79 Å². The summed E-state index contributed by atoms with van der Waals surface area (Å²) in [5.41, 5.74) is 6.34. The minimum Gasteiger partial charge on any atom is -0.368 e. The van der Waals surface area contributed by atoms with E-state index in [2.05, 4.69) is 15.2 Å². The highest BCUT2D eigenvalue weighted by Gasteiger charge is 2.26. The molecule has 2 rings (SSSR count). The summed E-state index contributed by atoms with van der Waals surface area (Å²) in [7, 11) is 0. The topological polar surface area (TPSA) is 71.2 Å². The molecule has 0 saturated carbocycles. The fourth-order valence-electron chi connectivity index (χ4n) is 1.92. The first-order valence-corrected chi connectivity index (χ1v) is 5.41.